The van der Waals surface area contributed by atoms with Crippen LogP contribution >= 0.6 is 12.2 Å². The van der Waals surface area contributed by atoms with Crippen molar-refractivity contribution in [2.75, 3.05) is 6.54 Å². The second-order valence-corrected chi connectivity index (χ2v) is 12.5. The van der Waals surface area contributed by atoms with E-state index in [0.29, 0.717) is 18.4 Å². The number of rotatable bonds is 5. The molecule has 2 bridgehead atoms. The summed E-state index contributed by atoms with van der Waals surface area (Å²) in [6, 6.07) is 8.66. The van der Waals surface area contributed by atoms with Crippen LogP contribution in [0.2, 0.25) is 0 Å². The summed E-state index contributed by atoms with van der Waals surface area (Å²) >= 11 is 5.22. The Morgan fingerprint density at radius 3 is 2.55 bits per heavy atom. The average molecular weight is 541 g/mol. The molecular weight excluding hydrogens is 500 g/mol. The summed E-state index contributed by atoms with van der Waals surface area (Å²) < 4.78 is 6.18. The molecule has 1 aromatic carbocycles. The minimum Gasteiger partial charge on any atom is -0.460 e. The number of ether oxygens (including phenoxy) is 1. The predicted octanol–water partition coefficient (Wildman–Crippen LogP) is 4.20. The second-order valence-electron chi connectivity index (χ2n) is 12.1. The predicted molar refractivity (Wildman–Crippen MR) is 149 cm³/mol. The van der Waals surface area contributed by atoms with Gasteiger partial charge in [-0.2, -0.15) is 0 Å². The summed E-state index contributed by atoms with van der Waals surface area (Å²) in [4.78, 5) is 39.0. The highest BCUT2D eigenvalue weighted by Gasteiger charge is 2.68. The summed E-state index contributed by atoms with van der Waals surface area (Å²) in [5.74, 6) is -0.912. The van der Waals surface area contributed by atoms with Gasteiger partial charge in [0, 0.05) is 28.7 Å². The van der Waals surface area contributed by atoms with Gasteiger partial charge in [-0.25, -0.2) is 0 Å². The van der Waals surface area contributed by atoms with Gasteiger partial charge in [0.05, 0.1) is 6.10 Å². The van der Waals surface area contributed by atoms with Crippen LogP contribution in [0.5, 0.6) is 0 Å². The number of aliphatic hydroxyl groups excluding tert-OH is 1. The number of amides is 1. The van der Waals surface area contributed by atoms with Crippen molar-refractivity contribution < 1.29 is 24.2 Å². The first-order valence-corrected chi connectivity index (χ1v) is 14.0. The molecular formula is C30H40N2O5S. The number of carbonyl (C=O) groups is 3. The van der Waals surface area contributed by atoms with Crippen molar-refractivity contribution in [2.45, 2.75) is 72.0 Å². The maximum atomic E-state index is 13.5. The monoisotopic (exact) mass is 540 g/mol. The molecule has 8 heteroatoms. The highest BCUT2D eigenvalue weighted by molar-refractivity contribution is 7.80. The first-order chi connectivity index (χ1) is 17.9. The smallest absolute Gasteiger partial charge is 0.325 e. The molecule has 0 spiro atoms. The number of hydrogen-bond donors (Lipinski definition) is 3. The Hall–Kier alpha value is -2.58. The van der Waals surface area contributed by atoms with E-state index in [2.05, 4.69) is 38.0 Å². The molecule has 3 N–H and O–H groups in total. The third kappa shape index (κ3) is 4.70. The molecule has 0 aromatic heterocycles. The average Bonchev–Trinajstić information content (AvgIpc) is 3.26. The van der Waals surface area contributed by atoms with Crippen LogP contribution in [0.3, 0.4) is 0 Å². The molecule has 3 fully saturated rings. The van der Waals surface area contributed by atoms with Gasteiger partial charge in [0.25, 0.3) is 5.91 Å². The fourth-order valence-electron chi connectivity index (χ4n) is 7.66. The van der Waals surface area contributed by atoms with Crippen LogP contribution in [0, 0.1) is 34.0 Å². The van der Waals surface area contributed by atoms with Crippen LogP contribution < -0.4 is 10.6 Å². The van der Waals surface area contributed by atoms with Gasteiger partial charge in [0.1, 0.15) is 18.4 Å². The number of thiocarbonyl (C=S) groups is 1. The van der Waals surface area contributed by atoms with Crippen LogP contribution in [0.25, 0.3) is 0 Å². The van der Waals surface area contributed by atoms with E-state index in [1.165, 1.54) is 0 Å². The summed E-state index contributed by atoms with van der Waals surface area (Å²) in [5, 5.41) is 17.0. The van der Waals surface area contributed by atoms with E-state index < -0.39 is 29.0 Å². The number of ketones is 1. The summed E-state index contributed by atoms with van der Waals surface area (Å²) in [6.45, 7) is 12.1. The van der Waals surface area contributed by atoms with Crippen LogP contribution in [0.1, 0.15) is 70.2 Å². The third-order valence-electron chi connectivity index (χ3n) is 10.2. The first-order valence-electron chi connectivity index (χ1n) is 13.6. The molecule has 0 radical (unpaired) electrons. The Kier molecular flexibility index (Phi) is 7.88. The largest absolute Gasteiger partial charge is 0.460 e. The lowest BCUT2D eigenvalue weighted by atomic mass is 9.44. The Balaban J connectivity index is 1.55. The van der Waals surface area contributed by atoms with E-state index in [4.69, 9.17) is 17.0 Å². The number of nitrogens with one attached hydrogen (secondary N) is 2. The molecule has 206 valence electrons. The molecule has 0 aliphatic heterocycles. The molecule has 1 aromatic rings. The summed E-state index contributed by atoms with van der Waals surface area (Å²) in [7, 11) is 0. The molecule has 4 rings (SSSR count). The standard InChI is InChI=1S/C30H40N2O5S/c1-6-28(4)16-22(37-23(34)17-31-27(38)32-26(36)20-10-8-7-9-11-20)29(5)18(2)12-14-30(19(3)25(28)35)15-13-21(33)24(29)30/h6-11,18-19,22,24-25,35H,1,12-17H2,2-5H3,(H2,31,32,36,38)/t18-,19+,22-,24+,25+,28-,29+,30+/m1/s1. The van der Waals surface area contributed by atoms with Crippen molar-refractivity contribution >= 4 is 35.0 Å². The molecule has 0 saturated heterocycles. The molecule has 1 amide bonds. The van der Waals surface area contributed by atoms with Gasteiger partial charge in [0.15, 0.2) is 5.11 Å². The van der Waals surface area contributed by atoms with Gasteiger partial charge in [-0.3, -0.25) is 19.7 Å². The Bertz CT molecular complexity index is 1120. The van der Waals surface area contributed by atoms with Crippen LogP contribution in [-0.2, 0) is 14.3 Å². The lowest BCUT2D eigenvalue weighted by Gasteiger charge is -2.61. The Labute approximate surface area is 230 Å². The minimum absolute atomic E-state index is 0.0240. The van der Waals surface area contributed by atoms with Crippen molar-refractivity contribution in [3.8, 4) is 0 Å². The first kappa shape index (κ1) is 28.4. The van der Waals surface area contributed by atoms with E-state index in [-0.39, 0.29) is 46.5 Å². The zero-order valence-corrected chi connectivity index (χ0v) is 23.6. The van der Waals surface area contributed by atoms with Crippen molar-refractivity contribution in [1.29, 1.82) is 0 Å². The van der Waals surface area contributed by atoms with E-state index in [1.807, 2.05) is 13.0 Å². The fraction of sp³-hybridized carbons (Fsp3) is 0.600. The topological polar surface area (TPSA) is 105 Å². The van der Waals surface area contributed by atoms with E-state index in [9.17, 15) is 19.5 Å². The third-order valence-corrected chi connectivity index (χ3v) is 10.5. The zero-order valence-electron chi connectivity index (χ0n) is 22.8. The lowest BCUT2D eigenvalue weighted by molar-refractivity contribution is -0.206. The van der Waals surface area contributed by atoms with Crippen LogP contribution in [-0.4, -0.2) is 46.6 Å². The number of esters is 1. The maximum Gasteiger partial charge on any atom is 0.325 e. The normalized spacial score (nSPS) is 38.2. The molecule has 0 unspecified atom stereocenters. The highest BCUT2D eigenvalue weighted by atomic mass is 32.1. The van der Waals surface area contributed by atoms with Crippen molar-refractivity contribution in [3.63, 3.8) is 0 Å². The summed E-state index contributed by atoms with van der Waals surface area (Å²) in [6.07, 6.45) is 3.85. The molecule has 0 heterocycles. The van der Waals surface area contributed by atoms with Gasteiger partial charge in [-0.1, -0.05) is 52.0 Å². The van der Waals surface area contributed by atoms with Gasteiger partial charge in [-0.15, -0.1) is 6.58 Å². The van der Waals surface area contributed by atoms with Crippen molar-refractivity contribution in [1.82, 2.24) is 10.6 Å². The van der Waals surface area contributed by atoms with Crippen molar-refractivity contribution in [3.05, 3.63) is 48.6 Å². The van der Waals surface area contributed by atoms with E-state index >= 15 is 0 Å². The molecule has 3 aliphatic rings. The molecule has 8 atom stereocenters. The van der Waals surface area contributed by atoms with E-state index in [0.717, 1.165) is 19.3 Å². The zero-order chi connectivity index (χ0) is 27.9. The quantitative estimate of drug-likeness (QED) is 0.292. The molecule has 38 heavy (non-hydrogen) atoms. The molecule has 3 aliphatic carbocycles. The number of Topliss-reactive ketones (excluding diaryl/α,β-unsaturated/α-hetero) is 1. The lowest BCUT2D eigenvalue weighted by Crippen LogP contribution is -2.63. The fourth-order valence-corrected chi connectivity index (χ4v) is 7.83. The van der Waals surface area contributed by atoms with Gasteiger partial charge in [-0.05, 0) is 67.3 Å². The number of benzene rings is 1. The van der Waals surface area contributed by atoms with E-state index in [1.54, 1.807) is 30.3 Å². The molecule has 3 saturated carbocycles. The van der Waals surface area contributed by atoms with Gasteiger partial charge < -0.3 is 15.2 Å². The number of hydrogen-bond acceptors (Lipinski definition) is 6. The van der Waals surface area contributed by atoms with Crippen LogP contribution in [0.4, 0.5) is 0 Å². The van der Waals surface area contributed by atoms with Gasteiger partial charge in [0.2, 0.25) is 0 Å². The number of aliphatic hydroxyl groups is 1. The Morgan fingerprint density at radius 1 is 1.21 bits per heavy atom. The maximum absolute atomic E-state index is 13.5. The summed E-state index contributed by atoms with van der Waals surface area (Å²) in [5.41, 5.74) is -1.15. The van der Waals surface area contributed by atoms with Crippen molar-refractivity contribution in [2.24, 2.45) is 34.0 Å². The highest BCUT2D eigenvalue weighted by Crippen LogP contribution is 2.67. The van der Waals surface area contributed by atoms with Gasteiger partial charge >= 0.3 is 5.97 Å². The number of carbonyl (C=O) groups excluding carboxylic acids is 3. The second kappa shape index (κ2) is 10.5. The SMILES string of the molecule is C=C[C@]1(C)C[C@@H](OC(=O)CNC(=S)NC(=O)c2ccccc2)[C@]2(C)[C@H](C)CC[C@]3(CCC(=O)[C@H]32)[C@@H](C)[C@@H]1O. The Morgan fingerprint density at radius 2 is 1.89 bits per heavy atom. The molecule has 7 nitrogen and oxygen atoms in total. The minimum atomic E-state index is -0.716. The van der Waals surface area contributed by atoms with Crippen LogP contribution in [0.15, 0.2) is 43.0 Å².